The molecular weight excluding hydrogens is 382 g/mol. The lowest BCUT2D eigenvalue weighted by molar-refractivity contribution is 0.287. The summed E-state index contributed by atoms with van der Waals surface area (Å²) in [4.78, 5) is 14.5. The minimum absolute atomic E-state index is 0.330. The van der Waals surface area contributed by atoms with E-state index >= 15 is 0 Å². The molecule has 152 valence electrons. The van der Waals surface area contributed by atoms with Crippen LogP contribution in [0, 0.1) is 6.92 Å². The Kier molecular flexibility index (Phi) is 4.28. The Morgan fingerprint density at radius 3 is 2.47 bits per heavy atom. The molecule has 30 heavy (non-hydrogen) atoms. The molecule has 0 radical (unpaired) electrons. The Hall–Kier alpha value is -3.67. The van der Waals surface area contributed by atoms with Gasteiger partial charge in [-0.05, 0) is 36.6 Å². The third kappa shape index (κ3) is 2.76. The van der Waals surface area contributed by atoms with Gasteiger partial charge in [-0.1, -0.05) is 18.2 Å². The lowest BCUT2D eigenvalue weighted by Crippen LogP contribution is -2.32. The molecule has 6 heteroatoms. The number of rotatable bonds is 3. The fraction of sp³-hybridized carbons (Fsp3) is 0.208. The predicted octanol–water partition coefficient (Wildman–Crippen LogP) is 4.63. The van der Waals surface area contributed by atoms with E-state index in [0.29, 0.717) is 35.7 Å². The lowest BCUT2D eigenvalue weighted by atomic mass is 10.00. The lowest BCUT2D eigenvalue weighted by Gasteiger charge is -2.32. The summed E-state index contributed by atoms with van der Waals surface area (Å²) in [5.41, 5.74) is 3.11. The molecule has 0 atom stereocenters. The summed E-state index contributed by atoms with van der Waals surface area (Å²) in [7, 11) is 3.24. The second-order valence-electron chi connectivity index (χ2n) is 7.31. The van der Waals surface area contributed by atoms with Gasteiger partial charge >= 0.3 is 5.63 Å². The van der Waals surface area contributed by atoms with Crippen molar-refractivity contribution in [3.05, 3.63) is 70.1 Å². The van der Waals surface area contributed by atoms with Crippen LogP contribution in [0.3, 0.4) is 0 Å². The van der Waals surface area contributed by atoms with Crippen LogP contribution in [0.4, 0.5) is 5.69 Å². The average molecular weight is 403 g/mol. The highest BCUT2D eigenvalue weighted by Gasteiger charge is 2.24. The van der Waals surface area contributed by atoms with Gasteiger partial charge in [0, 0.05) is 34.8 Å². The number of hydrogen-bond acceptors (Lipinski definition) is 6. The summed E-state index contributed by atoms with van der Waals surface area (Å²) in [6.07, 6.45) is 0. The molecule has 0 saturated heterocycles. The number of anilines is 1. The zero-order valence-electron chi connectivity index (χ0n) is 17.0. The zero-order chi connectivity index (χ0) is 20.8. The minimum Gasteiger partial charge on any atom is -0.493 e. The normalized spacial score (nSPS) is 13.2. The molecule has 3 aromatic carbocycles. The third-order valence-corrected chi connectivity index (χ3v) is 5.63. The van der Waals surface area contributed by atoms with Crippen molar-refractivity contribution >= 4 is 27.4 Å². The van der Waals surface area contributed by atoms with Gasteiger partial charge in [0.15, 0.2) is 18.2 Å². The van der Waals surface area contributed by atoms with Gasteiger partial charge in [0.25, 0.3) is 0 Å². The molecule has 1 aliphatic rings. The quantitative estimate of drug-likeness (QED) is 0.367. The molecule has 0 amide bonds. The maximum Gasteiger partial charge on any atom is 0.344 e. The first-order valence-corrected chi connectivity index (χ1v) is 9.68. The van der Waals surface area contributed by atoms with Crippen molar-refractivity contribution in [3.63, 3.8) is 0 Å². The van der Waals surface area contributed by atoms with E-state index in [-0.39, 0.29) is 5.63 Å². The molecule has 4 aromatic rings. The summed E-state index contributed by atoms with van der Waals surface area (Å²) in [5, 5.41) is 2.38. The van der Waals surface area contributed by atoms with E-state index in [1.54, 1.807) is 20.3 Å². The van der Waals surface area contributed by atoms with Gasteiger partial charge in [0.1, 0.15) is 11.3 Å². The second-order valence-corrected chi connectivity index (χ2v) is 7.31. The Balaban J connectivity index is 1.63. The highest BCUT2D eigenvalue weighted by molar-refractivity contribution is 6.06. The molecule has 0 saturated carbocycles. The van der Waals surface area contributed by atoms with Crippen LogP contribution in [0.2, 0.25) is 0 Å². The first-order chi connectivity index (χ1) is 14.6. The van der Waals surface area contributed by atoms with Crippen LogP contribution < -0.4 is 24.7 Å². The molecular formula is C24H21NO5. The van der Waals surface area contributed by atoms with Crippen LogP contribution in [-0.4, -0.2) is 21.0 Å². The smallest absolute Gasteiger partial charge is 0.344 e. The van der Waals surface area contributed by atoms with Gasteiger partial charge in [0.05, 0.1) is 19.6 Å². The molecule has 0 aliphatic carbocycles. The van der Waals surface area contributed by atoms with Crippen molar-refractivity contribution in [2.75, 3.05) is 25.9 Å². The first-order valence-electron chi connectivity index (χ1n) is 9.68. The first kappa shape index (κ1) is 18.4. The Morgan fingerprint density at radius 2 is 1.70 bits per heavy atom. The van der Waals surface area contributed by atoms with Crippen LogP contribution in [0.25, 0.3) is 21.7 Å². The Morgan fingerprint density at radius 1 is 0.933 bits per heavy atom. The zero-order valence-corrected chi connectivity index (χ0v) is 17.0. The number of fused-ring (bicyclic) bond motifs is 4. The van der Waals surface area contributed by atoms with E-state index in [9.17, 15) is 4.79 Å². The number of hydrogen-bond donors (Lipinski definition) is 0. The van der Waals surface area contributed by atoms with E-state index in [2.05, 4.69) is 11.0 Å². The van der Waals surface area contributed by atoms with Crippen molar-refractivity contribution in [2.24, 2.45) is 0 Å². The number of ether oxygens (including phenoxy) is 3. The summed E-state index contributed by atoms with van der Waals surface area (Å²) in [6, 6.07) is 15.4. The van der Waals surface area contributed by atoms with Gasteiger partial charge in [-0.2, -0.15) is 0 Å². The molecule has 0 unspecified atom stereocenters. The van der Waals surface area contributed by atoms with E-state index in [0.717, 1.165) is 33.3 Å². The third-order valence-electron chi connectivity index (χ3n) is 5.63. The maximum atomic E-state index is 12.4. The minimum atomic E-state index is -0.330. The van der Waals surface area contributed by atoms with Gasteiger partial charge in [-0.15, -0.1) is 0 Å². The van der Waals surface area contributed by atoms with Gasteiger partial charge in [-0.3, -0.25) is 0 Å². The van der Waals surface area contributed by atoms with Crippen molar-refractivity contribution in [2.45, 2.75) is 13.5 Å². The fourth-order valence-electron chi connectivity index (χ4n) is 4.13. The molecule has 6 nitrogen and oxygen atoms in total. The number of benzene rings is 3. The van der Waals surface area contributed by atoms with Crippen molar-refractivity contribution in [1.29, 1.82) is 0 Å². The summed E-state index contributed by atoms with van der Waals surface area (Å²) >= 11 is 0. The Labute approximate surface area is 173 Å². The molecule has 0 N–H and O–H groups in total. The van der Waals surface area contributed by atoms with Crippen LogP contribution in [0.15, 0.2) is 57.7 Å². The summed E-state index contributed by atoms with van der Waals surface area (Å²) < 4.78 is 22.5. The molecule has 5 rings (SSSR count). The summed E-state index contributed by atoms with van der Waals surface area (Å²) in [6.45, 7) is 2.98. The van der Waals surface area contributed by atoms with E-state index in [4.69, 9.17) is 18.6 Å². The second kappa shape index (κ2) is 6.99. The van der Waals surface area contributed by atoms with Gasteiger partial charge in [0.2, 0.25) is 0 Å². The highest BCUT2D eigenvalue weighted by Crippen LogP contribution is 2.39. The van der Waals surface area contributed by atoms with Gasteiger partial charge < -0.3 is 23.5 Å². The van der Waals surface area contributed by atoms with E-state index in [1.165, 1.54) is 0 Å². The average Bonchev–Trinajstić information content (AvgIpc) is 2.79. The molecule has 1 aliphatic heterocycles. The number of nitrogens with zero attached hydrogens (tertiary/aromatic N) is 1. The number of aryl methyl sites for hydroxylation is 1. The molecule has 2 heterocycles. The van der Waals surface area contributed by atoms with Gasteiger partial charge in [-0.25, -0.2) is 4.79 Å². The monoisotopic (exact) mass is 403 g/mol. The van der Waals surface area contributed by atoms with Crippen molar-refractivity contribution in [3.8, 4) is 17.2 Å². The highest BCUT2D eigenvalue weighted by atomic mass is 16.5. The van der Waals surface area contributed by atoms with Crippen LogP contribution >= 0.6 is 0 Å². The molecule has 0 bridgehead atoms. The SMILES string of the molecule is COc1ccc(N2COc3c(cc4c(oc(=O)c5ccccc54)c3C)C2)cc1OC. The fourth-order valence-corrected chi connectivity index (χ4v) is 4.13. The van der Waals surface area contributed by atoms with Crippen LogP contribution in [0.1, 0.15) is 11.1 Å². The Bertz CT molecular complexity index is 1340. The van der Waals surface area contributed by atoms with Crippen molar-refractivity contribution in [1.82, 2.24) is 0 Å². The van der Waals surface area contributed by atoms with Crippen LogP contribution in [-0.2, 0) is 6.54 Å². The van der Waals surface area contributed by atoms with Crippen molar-refractivity contribution < 1.29 is 18.6 Å². The number of methoxy groups -OCH3 is 2. The van der Waals surface area contributed by atoms with Crippen LogP contribution in [0.5, 0.6) is 17.2 Å². The molecule has 0 fully saturated rings. The van der Waals surface area contributed by atoms with E-state index < -0.39 is 0 Å². The summed E-state index contributed by atoms with van der Waals surface area (Å²) in [5.74, 6) is 2.13. The maximum absolute atomic E-state index is 12.4. The predicted molar refractivity (Wildman–Crippen MR) is 116 cm³/mol. The largest absolute Gasteiger partial charge is 0.493 e. The molecule has 1 aromatic heterocycles. The standard InChI is InChI=1S/C24H21NO5/c1-14-22-15(10-19-17-6-4-5-7-18(17)24(26)30-23(14)19)12-25(13-29-22)16-8-9-20(27-2)21(11-16)28-3/h4-11H,12-13H2,1-3H3. The molecule has 0 spiro atoms. The topological polar surface area (TPSA) is 61.1 Å². The van der Waals surface area contributed by atoms with E-state index in [1.807, 2.05) is 43.3 Å².